The van der Waals surface area contributed by atoms with Crippen LogP contribution in [0.2, 0.25) is 0 Å². The van der Waals surface area contributed by atoms with Crippen LogP contribution in [0, 0.1) is 6.92 Å². The van der Waals surface area contributed by atoms with E-state index in [4.69, 9.17) is 0 Å². The molecule has 5 rings (SSSR count). The van der Waals surface area contributed by atoms with E-state index in [1.165, 1.54) is 28.0 Å². The average Bonchev–Trinajstić information content (AvgIpc) is 3.31. The number of aryl methyl sites for hydroxylation is 1. The molecule has 31 heavy (non-hydrogen) atoms. The van der Waals surface area contributed by atoms with Gasteiger partial charge in [-0.25, -0.2) is 0 Å². The largest absolute Gasteiger partial charge is 0.384 e. The number of anilines is 1. The number of likely N-dealkylation sites (N-methyl/N-ethyl adjacent to an activating group) is 1. The van der Waals surface area contributed by atoms with Crippen molar-refractivity contribution in [2.24, 2.45) is 0 Å². The van der Waals surface area contributed by atoms with Crippen molar-refractivity contribution in [3.05, 3.63) is 53.6 Å². The Labute approximate surface area is 183 Å². The second-order valence-electron chi connectivity index (χ2n) is 8.87. The van der Waals surface area contributed by atoms with E-state index >= 15 is 0 Å². The highest BCUT2D eigenvalue weighted by Gasteiger charge is 2.33. The summed E-state index contributed by atoms with van der Waals surface area (Å²) in [6, 6.07) is 15.0. The molecule has 0 spiro atoms. The Morgan fingerprint density at radius 1 is 1.03 bits per heavy atom. The van der Waals surface area contributed by atoms with Gasteiger partial charge in [-0.05, 0) is 56.5 Å². The van der Waals surface area contributed by atoms with Crippen LogP contribution >= 0.6 is 0 Å². The number of carbonyl (C=O) groups excluding carboxylic acids is 1. The fourth-order valence-corrected chi connectivity index (χ4v) is 5.05. The molecule has 7 heteroatoms. The number of fused-ring (bicyclic) bond motifs is 4. The van der Waals surface area contributed by atoms with Crippen LogP contribution < -0.4 is 5.32 Å². The highest BCUT2D eigenvalue weighted by molar-refractivity contribution is 5.77. The van der Waals surface area contributed by atoms with Gasteiger partial charge in [-0.15, -0.1) is 0 Å². The topological polar surface area (TPSA) is 66.3 Å². The Morgan fingerprint density at radius 2 is 1.77 bits per heavy atom. The predicted octanol–water partition coefficient (Wildman–Crippen LogP) is 3.05. The van der Waals surface area contributed by atoms with Gasteiger partial charge in [0.05, 0.1) is 0 Å². The van der Waals surface area contributed by atoms with Crippen molar-refractivity contribution in [1.29, 1.82) is 0 Å². The first kappa shape index (κ1) is 20.0. The maximum absolute atomic E-state index is 13.5. The third-order valence-electron chi connectivity index (χ3n) is 6.87. The molecule has 2 aliphatic rings. The van der Waals surface area contributed by atoms with Crippen molar-refractivity contribution >= 4 is 22.6 Å². The molecule has 1 saturated heterocycles. The minimum absolute atomic E-state index is 0.0591. The first-order chi connectivity index (χ1) is 15.1. The van der Waals surface area contributed by atoms with E-state index < -0.39 is 0 Å². The molecule has 2 aliphatic heterocycles. The van der Waals surface area contributed by atoms with E-state index in [1.807, 2.05) is 29.2 Å². The van der Waals surface area contributed by atoms with Gasteiger partial charge in [-0.3, -0.25) is 9.69 Å². The number of nitrogens with zero attached hydrogens (tertiary/aromatic N) is 5. The number of para-hydroxylation sites is 1. The minimum atomic E-state index is 0.0591. The molecular weight excluding hydrogens is 388 g/mol. The predicted molar refractivity (Wildman–Crippen MR) is 122 cm³/mol. The van der Waals surface area contributed by atoms with Gasteiger partial charge in [0, 0.05) is 37.4 Å². The van der Waals surface area contributed by atoms with Crippen LogP contribution in [0.5, 0.6) is 0 Å². The lowest BCUT2D eigenvalue weighted by molar-refractivity contribution is -0.133. The summed E-state index contributed by atoms with van der Waals surface area (Å²) >= 11 is 0. The molecule has 1 amide bonds. The summed E-state index contributed by atoms with van der Waals surface area (Å²) in [7, 11) is 2.21. The number of hydrogen-bond donors (Lipinski definition) is 1. The summed E-state index contributed by atoms with van der Waals surface area (Å²) in [5, 5.41) is 12.7. The van der Waals surface area contributed by atoms with Crippen LogP contribution in [-0.4, -0.2) is 62.9 Å². The van der Waals surface area contributed by atoms with Gasteiger partial charge in [0.25, 0.3) is 0 Å². The first-order valence-electron chi connectivity index (χ1n) is 11.2. The van der Waals surface area contributed by atoms with Crippen molar-refractivity contribution < 1.29 is 4.79 Å². The monoisotopic (exact) mass is 418 g/mol. The van der Waals surface area contributed by atoms with Gasteiger partial charge in [-0.1, -0.05) is 30.3 Å². The third-order valence-corrected chi connectivity index (χ3v) is 6.87. The second kappa shape index (κ2) is 8.30. The average molecular weight is 419 g/mol. The molecule has 1 fully saturated rings. The number of carbonyl (C=O) groups is 1. The third kappa shape index (κ3) is 4.02. The van der Waals surface area contributed by atoms with Gasteiger partial charge in [0.1, 0.15) is 17.6 Å². The zero-order valence-electron chi connectivity index (χ0n) is 18.3. The molecule has 1 aromatic heterocycles. The highest BCUT2D eigenvalue weighted by Crippen LogP contribution is 2.29. The molecule has 162 valence electrons. The quantitative estimate of drug-likeness (QED) is 0.693. The first-order valence-corrected chi connectivity index (χ1v) is 11.2. The fraction of sp³-hybridized carbons (Fsp3) is 0.458. The summed E-state index contributed by atoms with van der Waals surface area (Å²) in [4.78, 5) is 19.5. The fourth-order valence-electron chi connectivity index (χ4n) is 5.05. The SMILES string of the molecule is Cc1cccc2c1NCCC1CCC(CN(C(=O)Cn3nc4ccccc4n3)C2)N1C. The molecule has 3 heterocycles. The maximum atomic E-state index is 13.5. The van der Waals surface area contributed by atoms with E-state index in [0.29, 0.717) is 18.6 Å². The molecule has 2 aromatic carbocycles. The zero-order chi connectivity index (χ0) is 21.4. The number of amides is 1. The number of hydrogen-bond acceptors (Lipinski definition) is 5. The molecule has 0 aliphatic carbocycles. The molecule has 0 saturated carbocycles. The normalized spacial score (nSPS) is 22.1. The van der Waals surface area contributed by atoms with Gasteiger partial charge in [-0.2, -0.15) is 15.0 Å². The number of aromatic nitrogens is 3. The lowest BCUT2D eigenvalue weighted by atomic mass is 10.1. The highest BCUT2D eigenvalue weighted by atomic mass is 16.2. The molecule has 0 radical (unpaired) electrons. The van der Waals surface area contributed by atoms with E-state index in [-0.39, 0.29) is 12.5 Å². The van der Waals surface area contributed by atoms with Crippen LogP contribution in [-0.2, 0) is 17.9 Å². The summed E-state index contributed by atoms with van der Waals surface area (Å²) in [5.41, 5.74) is 5.20. The molecule has 2 unspecified atom stereocenters. The van der Waals surface area contributed by atoms with Gasteiger partial charge < -0.3 is 10.2 Å². The Bertz CT molecular complexity index is 1060. The van der Waals surface area contributed by atoms with Gasteiger partial charge in [0.15, 0.2) is 0 Å². The van der Waals surface area contributed by atoms with Crippen LogP contribution in [0.3, 0.4) is 0 Å². The van der Waals surface area contributed by atoms with E-state index in [9.17, 15) is 4.79 Å². The summed E-state index contributed by atoms with van der Waals surface area (Å²) in [6.45, 7) is 4.58. The van der Waals surface area contributed by atoms with Gasteiger partial charge in [0.2, 0.25) is 5.91 Å². The molecule has 3 aromatic rings. The number of benzene rings is 2. The second-order valence-corrected chi connectivity index (χ2v) is 8.87. The molecule has 1 N–H and O–H groups in total. The van der Waals surface area contributed by atoms with Crippen molar-refractivity contribution in [1.82, 2.24) is 24.8 Å². The number of nitrogens with one attached hydrogen (secondary N) is 1. The number of rotatable bonds is 2. The van der Waals surface area contributed by atoms with Crippen LogP contribution in [0.25, 0.3) is 11.0 Å². The maximum Gasteiger partial charge on any atom is 0.246 e. The van der Waals surface area contributed by atoms with Gasteiger partial charge >= 0.3 is 0 Å². The Morgan fingerprint density at radius 3 is 2.55 bits per heavy atom. The molecule has 2 bridgehead atoms. The standard InChI is InChI=1S/C24H30N6O/c1-17-6-5-7-18-14-29(15-20-11-10-19(28(20)2)12-13-25-24(17)18)23(31)16-30-26-21-8-3-4-9-22(21)27-30/h3-9,19-20,25H,10-16H2,1-2H3. The van der Waals surface area contributed by atoms with Crippen molar-refractivity contribution in [2.75, 3.05) is 25.5 Å². The molecule has 7 nitrogen and oxygen atoms in total. The van der Waals surface area contributed by atoms with E-state index in [0.717, 1.165) is 37.0 Å². The zero-order valence-corrected chi connectivity index (χ0v) is 18.3. The van der Waals surface area contributed by atoms with E-state index in [1.54, 1.807) is 0 Å². The summed E-state index contributed by atoms with van der Waals surface area (Å²) in [5.74, 6) is 0.0591. The van der Waals surface area contributed by atoms with Crippen LogP contribution in [0.4, 0.5) is 5.69 Å². The Balaban J connectivity index is 1.44. The lowest BCUT2D eigenvalue weighted by Crippen LogP contribution is -2.44. The lowest BCUT2D eigenvalue weighted by Gasteiger charge is -2.31. The van der Waals surface area contributed by atoms with Crippen LogP contribution in [0.1, 0.15) is 30.4 Å². The molecular formula is C24H30N6O. The van der Waals surface area contributed by atoms with Crippen molar-refractivity contribution in [3.63, 3.8) is 0 Å². The molecule has 2 atom stereocenters. The van der Waals surface area contributed by atoms with Crippen molar-refractivity contribution in [3.8, 4) is 0 Å². The Hall–Kier alpha value is -2.93. The van der Waals surface area contributed by atoms with Crippen LogP contribution in [0.15, 0.2) is 42.5 Å². The summed E-state index contributed by atoms with van der Waals surface area (Å²) in [6.07, 6.45) is 3.45. The minimum Gasteiger partial charge on any atom is -0.384 e. The Kier molecular flexibility index (Phi) is 5.36. The van der Waals surface area contributed by atoms with E-state index in [2.05, 4.69) is 52.6 Å². The van der Waals surface area contributed by atoms with Crippen molar-refractivity contribution in [2.45, 2.75) is 51.4 Å². The smallest absolute Gasteiger partial charge is 0.246 e. The summed E-state index contributed by atoms with van der Waals surface area (Å²) < 4.78 is 0.